The monoisotopic (exact) mass is 867 g/mol. The van der Waals surface area contributed by atoms with Crippen LogP contribution in [0.4, 0.5) is 11.8 Å². The Bertz CT molecular complexity index is 1900. The molecule has 30 heteroatoms. The van der Waals surface area contributed by atoms with Gasteiger partial charge in [-0.05, 0) is 19.3 Å². The number of phosphoric acid groups is 1. The molecule has 6 N–H and O–H groups in total. The molecule has 0 aliphatic carbocycles. The molecule has 288 valence electrons. The number of carboxylic acid groups (broad SMARTS) is 1. The Morgan fingerprint density at radius 2 is 1.73 bits per heavy atom. The van der Waals surface area contributed by atoms with Crippen molar-refractivity contribution >= 4 is 44.5 Å². The van der Waals surface area contributed by atoms with Gasteiger partial charge in [0.2, 0.25) is 5.95 Å². The van der Waals surface area contributed by atoms with Gasteiger partial charge in [0.05, 0.1) is 45.9 Å². The molecule has 0 saturated carbocycles. The van der Waals surface area contributed by atoms with Gasteiger partial charge in [0.1, 0.15) is 35.8 Å². The number of ether oxygens (including phenoxy) is 3. The Balaban J connectivity index is 0.00000392. The molecular weight excluding hydrogens is 832 g/mol. The van der Waals surface area contributed by atoms with E-state index in [0.29, 0.717) is 6.42 Å². The number of nitrogens with two attached hydrogens (primary N) is 2. The van der Waals surface area contributed by atoms with Gasteiger partial charge in [-0.3, -0.25) is 23.0 Å². The summed E-state index contributed by atoms with van der Waals surface area (Å²) in [5.41, 5.74) is 10.4. The van der Waals surface area contributed by atoms with E-state index in [1.165, 1.54) is 17.9 Å². The number of nitrogens with zero attached hydrogens (tertiary/aromatic N) is 6. The maximum absolute atomic E-state index is 14.4. The third kappa shape index (κ3) is 14.5. The average Bonchev–Trinajstić information content (AvgIpc) is 3.76. The minimum atomic E-state index is -5.58. The molecule has 2 fully saturated rings. The number of nitrogen functional groups attached to an aromatic ring is 2. The number of hydrogen-bond donors (Lipinski definition) is 4. The second-order valence-electron chi connectivity index (χ2n) is 11.7. The van der Waals surface area contributed by atoms with E-state index < -0.39 is 95.1 Å². The van der Waals surface area contributed by atoms with Gasteiger partial charge in [0.25, 0.3) is 5.56 Å². The number of rotatable bonds is 18. The molecule has 1 unspecified atom stereocenters. The number of unbranched alkanes of at least 4 members (excludes halogenated alkanes) is 2. The average molecular weight is 868 g/mol. The van der Waals surface area contributed by atoms with Crippen LogP contribution in [0.2, 0.25) is 0 Å². The number of fused-ring (bicyclic) bond motifs is 1. The number of anilines is 2. The third-order valence-corrected chi connectivity index (χ3v) is 10.1. The Hall–Kier alpha value is 0.360. The second-order valence-corrected chi connectivity index (χ2v) is 14.6. The first-order valence-electron chi connectivity index (χ1n) is 15.6. The van der Waals surface area contributed by atoms with Gasteiger partial charge in [-0.1, -0.05) is 6.42 Å². The Kier molecular flexibility index (Phi) is 23.4. The number of phosphoric ester groups is 1. The number of aromatic nitrogens is 6. The molecule has 3 aromatic rings. The van der Waals surface area contributed by atoms with Crippen molar-refractivity contribution in [1.29, 1.82) is 0 Å². The molecular formula is C26H35N9Na4O15P2. The number of carbonyl (C=O) groups is 1. The zero-order valence-electron chi connectivity index (χ0n) is 31.3. The van der Waals surface area contributed by atoms with Crippen molar-refractivity contribution in [2.75, 3.05) is 38.3 Å². The summed E-state index contributed by atoms with van der Waals surface area (Å²) in [4.78, 5) is 61.3. The van der Waals surface area contributed by atoms with Crippen molar-refractivity contribution in [1.82, 2.24) is 34.2 Å². The summed E-state index contributed by atoms with van der Waals surface area (Å²) in [7, 11) is -8.90. The van der Waals surface area contributed by atoms with E-state index in [9.17, 15) is 43.8 Å². The van der Waals surface area contributed by atoms with Crippen molar-refractivity contribution in [3.8, 4) is 5.88 Å². The maximum Gasteiger partial charge on any atom is 1.00 e. The van der Waals surface area contributed by atoms with E-state index in [2.05, 4.69) is 29.5 Å². The van der Waals surface area contributed by atoms with Gasteiger partial charge in [0, 0.05) is 31.9 Å². The normalized spacial score (nSPS) is 24.3. The molecule has 0 aromatic carbocycles. The standard InChI is InChI=1S/C26H39N9O15P2.4Na/c1-45-21-20(15(11-47-52(42,43)44)49-25(21)35-12-30-19-22(35)32-26(28)33-23(19)40)50-51(41,31-6-4-2-3-5-18(38)39)46-10-13-7-14(36)24(48-13)34-9-16(27)29-8-17(34)37;;;;/h8-9,12-15,20-21,24-25,36H,2-7,10-11,27H2,1H3,(H,31,41)(H,38,39)(H2,42,43,44)(H3,28,32,33,40);;;;/q;4*+1/p-4/t13-,14+,15+,20+,21+,24+,25+,51?;;;;/m0..../s1. The summed E-state index contributed by atoms with van der Waals surface area (Å²) in [5, 5.41) is 36.5. The fourth-order valence-corrected chi connectivity index (χ4v) is 7.59. The zero-order valence-corrected chi connectivity index (χ0v) is 41.1. The van der Waals surface area contributed by atoms with Crippen LogP contribution in [-0.2, 0) is 41.7 Å². The number of carbonyl (C=O) groups excluding carboxylic acids is 1. The Labute approximate surface area is 407 Å². The molecule has 0 radical (unpaired) electrons. The van der Waals surface area contributed by atoms with Crippen LogP contribution in [0.15, 0.2) is 23.5 Å². The van der Waals surface area contributed by atoms with Crippen LogP contribution >= 0.6 is 15.6 Å². The molecule has 8 atom stereocenters. The first-order valence-corrected chi connectivity index (χ1v) is 18.6. The van der Waals surface area contributed by atoms with Crippen LogP contribution < -0.4 is 160 Å². The maximum atomic E-state index is 14.4. The van der Waals surface area contributed by atoms with Crippen LogP contribution in [-0.4, -0.2) is 97.5 Å². The van der Waals surface area contributed by atoms with E-state index >= 15 is 0 Å². The summed E-state index contributed by atoms with van der Waals surface area (Å²) >= 11 is 0. The zero-order chi connectivity index (χ0) is 37.8. The number of aliphatic hydroxyl groups is 1. The molecule has 0 bridgehead atoms. The topological polar surface area (TPSA) is 362 Å². The Morgan fingerprint density at radius 3 is 2.39 bits per heavy atom. The fourth-order valence-electron chi connectivity index (χ4n) is 5.67. The molecule has 2 aliphatic heterocycles. The van der Waals surface area contributed by atoms with Crippen molar-refractivity contribution in [2.45, 2.75) is 75.1 Å². The largest absolute Gasteiger partial charge is 1.00 e. The number of methoxy groups -OCH3 is 1. The quantitative estimate of drug-likeness (QED) is 0.0524. The predicted octanol–water partition coefficient (Wildman–Crippen LogP) is -15.8. The fraction of sp³-hybridized carbons (Fsp3) is 0.615. The van der Waals surface area contributed by atoms with Crippen molar-refractivity contribution < 1.29 is 185 Å². The number of aliphatic hydroxyl groups excluding tert-OH is 1. The molecule has 2 aliphatic rings. The SMILES string of the molecule is CO[C@@H]1[C@H](OP(=O)(NCCCCCC(=O)[O-])OC[C@@H]2C[C@@H](O)[C@H](n3cc(N)ncc3=O)O2)[C@@H](COP(=O)([O-])[O-])O[C@H]1n1cnc2c([O-])nc(N)nc21.[Na+].[Na+].[Na+].[Na+]. The molecule has 3 aromatic heterocycles. The minimum Gasteiger partial charge on any atom is -0.857 e. The Morgan fingerprint density at radius 1 is 1.02 bits per heavy atom. The molecule has 0 amide bonds. The number of aliphatic carboxylic acids is 1. The van der Waals surface area contributed by atoms with Crippen LogP contribution in [0.3, 0.4) is 0 Å². The van der Waals surface area contributed by atoms with E-state index in [1.807, 2.05) is 0 Å². The third-order valence-electron chi connectivity index (χ3n) is 7.98. The smallest absolute Gasteiger partial charge is 0.857 e. The molecule has 5 heterocycles. The van der Waals surface area contributed by atoms with E-state index in [1.54, 1.807) is 0 Å². The molecule has 56 heavy (non-hydrogen) atoms. The van der Waals surface area contributed by atoms with E-state index in [-0.39, 0.29) is 167 Å². The van der Waals surface area contributed by atoms with Gasteiger partial charge in [-0.15, -0.1) is 0 Å². The molecule has 24 nitrogen and oxygen atoms in total. The number of carboxylic acids is 1. The van der Waals surface area contributed by atoms with Gasteiger partial charge >= 0.3 is 126 Å². The molecule has 0 spiro atoms. The summed E-state index contributed by atoms with van der Waals surface area (Å²) in [6.07, 6.45) is -5.09. The summed E-state index contributed by atoms with van der Waals surface area (Å²) in [5.74, 6) is -2.45. The van der Waals surface area contributed by atoms with Crippen LogP contribution in [0.5, 0.6) is 5.88 Å². The first kappa shape index (κ1) is 54.4. The van der Waals surface area contributed by atoms with E-state index in [4.69, 9.17) is 34.7 Å². The van der Waals surface area contributed by atoms with E-state index in [0.717, 1.165) is 17.1 Å². The number of hydrogen-bond acceptors (Lipinski definition) is 21. The summed E-state index contributed by atoms with van der Waals surface area (Å²) in [6, 6.07) is 0. The number of nitrogens with one attached hydrogen (secondary N) is 1. The second kappa shape index (κ2) is 24.1. The van der Waals surface area contributed by atoms with Gasteiger partial charge in [-0.25, -0.2) is 24.6 Å². The van der Waals surface area contributed by atoms with Crippen LogP contribution in [0.25, 0.3) is 11.2 Å². The van der Waals surface area contributed by atoms with Gasteiger partial charge in [0.15, 0.2) is 18.1 Å². The molecule has 2 saturated heterocycles. The first-order chi connectivity index (χ1) is 24.6. The predicted molar refractivity (Wildman–Crippen MR) is 165 cm³/mol. The summed E-state index contributed by atoms with van der Waals surface area (Å²) < 4.78 is 61.8. The van der Waals surface area contributed by atoms with Gasteiger partial charge < -0.3 is 64.7 Å². The van der Waals surface area contributed by atoms with Crippen LogP contribution in [0, 0.1) is 0 Å². The summed E-state index contributed by atoms with van der Waals surface area (Å²) in [6.45, 7) is -1.47. The van der Waals surface area contributed by atoms with Crippen molar-refractivity contribution in [2.24, 2.45) is 0 Å². The van der Waals surface area contributed by atoms with Gasteiger partial charge in [-0.2, -0.15) is 4.98 Å². The van der Waals surface area contributed by atoms with Crippen molar-refractivity contribution in [3.63, 3.8) is 0 Å². The molecule has 5 rings (SSSR count). The number of imidazole rings is 1. The van der Waals surface area contributed by atoms with Crippen molar-refractivity contribution in [3.05, 3.63) is 29.1 Å². The van der Waals surface area contributed by atoms with Crippen LogP contribution in [0.1, 0.15) is 44.6 Å². The minimum absolute atomic E-state index is 0.